The summed E-state index contributed by atoms with van der Waals surface area (Å²) in [6.07, 6.45) is 3.00. The van der Waals surface area contributed by atoms with Crippen LogP contribution in [0.15, 0.2) is 29.2 Å². The highest BCUT2D eigenvalue weighted by Crippen LogP contribution is 2.21. The second-order valence-electron chi connectivity index (χ2n) is 4.28. The van der Waals surface area contributed by atoms with E-state index < -0.39 is 10.0 Å². The molecule has 0 radical (unpaired) electrons. The Hall–Kier alpha value is -0.580. The molecule has 0 saturated carbocycles. The summed E-state index contributed by atoms with van der Waals surface area (Å²) in [5.74, 6) is 0.207. The summed E-state index contributed by atoms with van der Waals surface area (Å²) in [6.45, 7) is 2.64. The summed E-state index contributed by atoms with van der Waals surface area (Å²) in [4.78, 5) is 0.319. The second kappa shape index (κ2) is 7.12. The van der Waals surface area contributed by atoms with E-state index in [-0.39, 0.29) is 5.88 Å². The van der Waals surface area contributed by atoms with Gasteiger partial charge in [0.2, 0.25) is 10.0 Å². The normalized spacial score (nSPS) is 12.0. The number of alkyl halides is 1. The molecule has 0 amide bonds. The van der Waals surface area contributed by atoms with Crippen molar-refractivity contribution in [1.82, 2.24) is 4.31 Å². The average Bonchev–Trinajstić information content (AvgIpc) is 2.38. The number of unbranched alkanes of at least 4 members (excludes halogenated alkanes) is 2. The maximum absolute atomic E-state index is 12.4. The van der Waals surface area contributed by atoms with Gasteiger partial charge in [-0.2, -0.15) is 0 Å². The summed E-state index contributed by atoms with van der Waals surface area (Å²) >= 11 is 5.79. The monoisotopic (exact) mass is 289 g/mol. The third kappa shape index (κ3) is 3.70. The quantitative estimate of drug-likeness (QED) is 0.571. The van der Waals surface area contributed by atoms with Crippen LogP contribution in [0.3, 0.4) is 0 Å². The van der Waals surface area contributed by atoms with Gasteiger partial charge in [-0.15, -0.1) is 11.6 Å². The summed E-state index contributed by atoms with van der Waals surface area (Å²) in [5, 5.41) is 0. The first kappa shape index (κ1) is 15.5. The fourth-order valence-electron chi connectivity index (χ4n) is 1.74. The van der Waals surface area contributed by atoms with E-state index in [2.05, 4.69) is 6.92 Å². The molecule has 0 saturated heterocycles. The molecule has 0 atom stereocenters. The Morgan fingerprint density at radius 1 is 1.22 bits per heavy atom. The number of hydrogen-bond donors (Lipinski definition) is 0. The summed E-state index contributed by atoms with van der Waals surface area (Å²) in [6, 6.07) is 6.89. The van der Waals surface area contributed by atoms with Gasteiger partial charge < -0.3 is 0 Å². The fraction of sp³-hybridized carbons (Fsp3) is 0.538. The first-order valence-electron chi connectivity index (χ1n) is 6.14. The zero-order valence-corrected chi connectivity index (χ0v) is 12.5. The molecule has 0 aromatic heterocycles. The molecule has 0 bridgehead atoms. The van der Waals surface area contributed by atoms with Gasteiger partial charge in [-0.3, -0.25) is 0 Å². The van der Waals surface area contributed by atoms with Crippen LogP contribution in [-0.2, 0) is 15.9 Å². The molecule has 3 nitrogen and oxygen atoms in total. The molecule has 1 aromatic rings. The van der Waals surface area contributed by atoms with Crippen molar-refractivity contribution >= 4 is 21.6 Å². The minimum absolute atomic E-state index is 0.207. The topological polar surface area (TPSA) is 37.4 Å². The molecule has 0 aliphatic rings. The predicted molar refractivity (Wildman–Crippen MR) is 75.3 cm³/mol. The number of hydrogen-bond acceptors (Lipinski definition) is 2. The minimum Gasteiger partial charge on any atom is -0.207 e. The molecule has 18 heavy (non-hydrogen) atoms. The molecule has 0 N–H and O–H groups in total. The first-order chi connectivity index (χ1) is 8.54. The predicted octanol–water partition coefficient (Wildman–Crippen LogP) is 3.24. The lowest BCUT2D eigenvalue weighted by Gasteiger charge is -2.18. The van der Waals surface area contributed by atoms with Crippen LogP contribution < -0.4 is 0 Å². The number of sulfonamides is 1. The zero-order chi connectivity index (χ0) is 13.6. The van der Waals surface area contributed by atoms with Crippen molar-refractivity contribution in [3.63, 3.8) is 0 Å². The van der Waals surface area contributed by atoms with E-state index in [9.17, 15) is 8.42 Å². The average molecular weight is 290 g/mol. The van der Waals surface area contributed by atoms with Crippen LogP contribution in [0, 0.1) is 0 Å². The number of rotatable bonds is 7. The van der Waals surface area contributed by atoms with Crippen LogP contribution in [0.5, 0.6) is 0 Å². The van der Waals surface area contributed by atoms with Crippen molar-refractivity contribution in [2.24, 2.45) is 0 Å². The highest BCUT2D eigenvalue weighted by molar-refractivity contribution is 7.89. The summed E-state index contributed by atoms with van der Waals surface area (Å²) in [5.41, 5.74) is 0.654. The first-order valence-corrected chi connectivity index (χ1v) is 8.11. The number of halogens is 1. The Kier molecular flexibility index (Phi) is 6.12. The summed E-state index contributed by atoms with van der Waals surface area (Å²) < 4.78 is 26.2. The molecule has 0 aliphatic heterocycles. The van der Waals surface area contributed by atoms with Gasteiger partial charge in [-0.05, 0) is 18.1 Å². The molecule has 5 heteroatoms. The summed E-state index contributed by atoms with van der Waals surface area (Å²) in [7, 11) is -1.79. The van der Waals surface area contributed by atoms with Crippen molar-refractivity contribution in [3.05, 3.63) is 29.8 Å². The molecule has 1 aromatic carbocycles. The molecule has 0 heterocycles. The third-order valence-corrected chi connectivity index (χ3v) is 5.13. The van der Waals surface area contributed by atoms with E-state index >= 15 is 0 Å². The maximum Gasteiger partial charge on any atom is 0.243 e. The van der Waals surface area contributed by atoms with Gasteiger partial charge in [-0.25, -0.2) is 12.7 Å². The Labute approximate surface area is 115 Å². The van der Waals surface area contributed by atoms with Gasteiger partial charge in [-0.1, -0.05) is 38.0 Å². The van der Waals surface area contributed by atoms with Gasteiger partial charge in [0, 0.05) is 19.5 Å². The van der Waals surface area contributed by atoms with Crippen LogP contribution in [0.2, 0.25) is 0 Å². The minimum atomic E-state index is -3.41. The van der Waals surface area contributed by atoms with E-state index in [0.29, 0.717) is 17.0 Å². The molecule has 0 spiro atoms. The van der Waals surface area contributed by atoms with Crippen molar-refractivity contribution in [3.8, 4) is 0 Å². The van der Waals surface area contributed by atoms with E-state index in [1.807, 2.05) is 0 Å². The molecule has 102 valence electrons. The van der Waals surface area contributed by atoms with Crippen molar-refractivity contribution in [1.29, 1.82) is 0 Å². The standard InChI is InChI=1S/C13H20ClNO2S/c1-3-4-7-10-15(2)18(16,17)13-9-6-5-8-12(13)11-14/h5-6,8-9H,3-4,7,10-11H2,1-2H3. The van der Waals surface area contributed by atoms with Crippen molar-refractivity contribution in [2.75, 3.05) is 13.6 Å². The van der Waals surface area contributed by atoms with Crippen LogP contribution in [0.1, 0.15) is 31.7 Å². The molecular formula is C13H20ClNO2S. The maximum atomic E-state index is 12.4. The number of nitrogens with zero attached hydrogens (tertiary/aromatic N) is 1. The zero-order valence-electron chi connectivity index (χ0n) is 10.9. The van der Waals surface area contributed by atoms with Gasteiger partial charge in [0.1, 0.15) is 0 Å². The Morgan fingerprint density at radius 2 is 1.89 bits per heavy atom. The van der Waals surface area contributed by atoms with Crippen LogP contribution in [-0.4, -0.2) is 26.3 Å². The van der Waals surface area contributed by atoms with E-state index in [1.54, 1.807) is 31.3 Å². The number of benzene rings is 1. The van der Waals surface area contributed by atoms with Gasteiger partial charge in [0.05, 0.1) is 4.90 Å². The Balaban J connectivity index is 2.91. The molecule has 1 rings (SSSR count). The Morgan fingerprint density at radius 3 is 2.50 bits per heavy atom. The van der Waals surface area contributed by atoms with Gasteiger partial charge in [0.25, 0.3) is 0 Å². The lowest BCUT2D eigenvalue weighted by atomic mass is 10.2. The second-order valence-corrected chi connectivity index (χ2v) is 6.56. The van der Waals surface area contributed by atoms with Crippen molar-refractivity contribution in [2.45, 2.75) is 37.0 Å². The van der Waals surface area contributed by atoms with E-state index in [4.69, 9.17) is 11.6 Å². The highest BCUT2D eigenvalue weighted by atomic mass is 35.5. The van der Waals surface area contributed by atoms with Crippen LogP contribution in [0.4, 0.5) is 0 Å². The van der Waals surface area contributed by atoms with E-state index in [0.717, 1.165) is 19.3 Å². The van der Waals surface area contributed by atoms with Crippen LogP contribution in [0.25, 0.3) is 0 Å². The SMILES string of the molecule is CCCCCN(C)S(=O)(=O)c1ccccc1CCl. The molecular weight excluding hydrogens is 270 g/mol. The highest BCUT2D eigenvalue weighted by Gasteiger charge is 2.22. The molecule has 0 fully saturated rings. The fourth-order valence-corrected chi connectivity index (χ4v) is 3.48. The molecule has 0 aliphatic carbocycles. The van der Waals surface area contributed by atoms with Crippen molar-refractivity contribution < 1.29 is 8.42 Å². The lowest BCUT2D eigenvalue weighted by molar-refractivity contribution is 0.454. The van der Waals surface area contributed by atoms with Gasteiger partial charge >= 0.3 is 0 Å². The third-order valence-electron chi connectivity index (χ3n) is 2.88. The lowest BCUT2D eigenvalue weighted by Crippen LogP contribution is -2.28. The molecule has 0 unspecified atom stereocenters. The largest absolute Gasteiger partial charge is 0.243 e. The Bertz CT molecular complexity index is 474. The smallest absolute Gasteiger partial charge is 0.207 e. The van der Waals surface area contributed by atoms with Crippen LogP contribution >= 0.6 is 11.6 Å². The van der Waals surface area contributed by atoms with Gasteiger partial charge in [0.15, 0.2) is 0 Å². The van der Waals surface area contributed by atoms with E-state index in [1.165, 1.54) is 4.31 Å².